The molecule has 0 atom stereocenters. The molecule has 8 nitrogen and oxygen atoms in total. The van der Waals surface area contributed by atoms with E-state index in [2.05, 4.69) is 10.3 Å². The van der Waals surface area contributed by atoms with E-state index < -0.39 is 5.56 Å². The van der Waals surface area contributed by atoms with Crippen LogP contribution in [0.4, 0.5) is 5.82 Å². The highest BCUT2D eigenvalue weighted by molar-refractivity contribution is 5.91. The lowest BCUT2D eigenvalue weighted by molar-refractivity contribution is -0.116. The van der Waals surface area contributed by atoms with Gasteiger partial charge in [-0.25, -0.2) is 4.68 Å². The van der Waals surface area contributed by atoms with Gasteiger partial charge in [0.15, 0.2) is 0 Å². The lowest BCUT2D eigenvalue weighted by Crippen LogP contribution is -2.19. The molecule has 2 heterocycles. The maximum Gasteiger partial charge on any atom is 0.266 e. The molecule has 0 saturated carbocycles. The fourth-order valence-electron chi connectivity index (χ4n) is 4.20. The minimum absolute atomic E-state index is 0.0786. The third kappa shape index (κ3) is 4.91. The predicted octanol–water partition coefficient (Wildman–Crippen LogP) is 4.60. The molecule has 0 spiro atoms. The first-order chi connectivity index (χ1) is 17.3. The van der Waals surface area contributed by atoms with Crippen LogP contribution in [0.1, 0.15) is 34.4 Å². The number of nitrogens with one attached hydrogen (secondary N) is 2. The van der Waals surface area contributed by atoms with Gasteiger partial charge in [0.1, 0.15) is 23.2 Å². The van der Waals surface area contributed by atoms with Crippen molar-refractivity contribution in [1.82, 2.24) is 14.8 Å². The van der Waals surface area contributed by atoms with E-state index in [0.29, 0.717) is 34.9 Å². The molecule has 0 saturated heterocycles. The molecule has 0 unspecified atom stereocenters. The summed E-state index contributed by atoms with van der Waals surface area (Å²) in [7, 11) is 1.61. The number of rotatable bonds is 7. The molecule has 2 aromatic heterocycles. The zero-order valence-electron chi connectivity index (χ0n) is 20.7. The Labute approximate surface area is 209 Å². The van der Waals surface area contributed by atoms with Crippen molar-refractivity contribution in [1.29, 1.82) is 5.26 Å². The quantitative estimate of drug-likeness (QED) is 0.400. The van der Waals surface area contributed by atoms with Crippen LogP contribution in [0.5, 0.6) is 5.75 Å². The summed E-state index contributed by atoms with van der Waals surface area (Å²) in [5.41, 5.74) is 5.12. The molecule has 2 N–H and O–H groups in total. The Morgan fingerprint density at radius 3 is 2.56 bits per heavy atom. The Bertz CT molecular complexity index is 1520. The summed E-state index contributed by atoms with van der Waals surface area (Å²) in [6, 6.07) is 19.2. The van der Waals surface area contributed by atoms with E-state index in [0.717, 1.165) is 22.4 Å². The molecule has 1 amide bonds. The van der Waals surface area contributed by atoms with Gasteiger partial charge < -0.3 is 15.0 Å². The van der Waals surface area contributed by atoms with Crippen LogP contribution in [-0.2, 0) is 11.2 Å². The van der Waals surface area contributed by atoms with Crippen molar-refractivity contribution >= 4 is 11.7 Å². The summed E-state index contributed by atoms with van der Waals surface area (Å²) < 4.78 is 7.20. The number of nitrogens with zero attached hydrogens (tertiary/aromatic N) is 3. The van der Waals surface area contributed by atoms with Crippen molar-refractivity contribution in [2.45, 2.75) is 33.6 Å². The monoisotopic (exact) mass is 481 g/mol. The van der Waals surface area contributed by atoms with Gasteiger partial charge in [0, 0.05) is 23.7 Å². The molecule has 0 fully saturated rings. The number of nitriles is 1. The number of benzene rings is 2. The highest BCUT2D eigenvalue weighted by atomic mass is 16.5. The summed E-state index contributed by atoms with van der Waals surface area (Å²) in [5.74, 6) is 0.997. The number of carbonyl (C=O) groups excluding carboxylic acids is 1. The van der Waals surface area contributed by atoms with Crippen molar-refractivity contribution in [3.8, 4) is 28.8 Å². The average molecular weight is 482 g/mol. The number of hydrogen-bond donors (Lipinski definition) is 2. The van der Waals surface area contributed by atoms with Crippen LogP contribution in [0.15, 0.2) is 59.4 Å². The number of aromatic amines is 1. The molecule has 0 radical (unpaired) electrons. The topological polar surface area (TPSA) is 113 Å². The summed E-state index contributed by atoms with van der Waals surface area (Å²) in [5, 5.41) is 17.1. The normalized spacial score (nSPS) is 10.6. The van der Waals surface area contributed by atoms with Gasteiger partial charge in [-0.1, -0.05) is 29.8 Å². The van der Waals surface area contributed by atoms with Crippen LogP contribution in [0.25, 0.3) is 16.9 Å². The van der Waals surface area contributed by atoms with Crippen LogP contribution in [0.3, 0.4) is 0 Å². The zero-order chi connectivity index (χ0) is 25.8. The van der Waals surface area contributed by atoms with Gasteiger partial charge in [-0.05, 0) is 62.6 Å². The first kappa shape index (κ1) is 24.5. The first-order valence-electron chi connectivity index (χ1n) is 11.5. The molecule has 0 bridgehead atoms. The Balaban J connectivity index is 1.64. The molecule has 4 aromatic rings. The molecule has 0 aliphatic carbocycles. The van der Waals surface area contributed by atoms with Crippen LogP contribution in [0.2, 0.25) is 0 Å². The Morgan fingerprint density at radius 2 is 1.86 bits per heavy atom. The third-order valence-corrected chi connectivity index (χ3v) is 6.16. The van der Waals surface area contributed by atoms with Crippen LogP contribution >= 0.6 is 0 Å². The number of aromatic nitrogens is 3. The van der Waals surface area contributed by atoms with Gasteiger partial charge in [-0.2, -0.15) is 10.4 Å². The lowest BCUT2D eigenvalue weighted by Gasteiger charge is -2.12. The Morgan fingerprint density at radius 1 is 1.14 bits per heavy atom. The molecule has 0 aliphatic rings. The lowest BCUT2D eigenvalue weighted by atomic mass is 9.99. The molecule has 8 heteroatoms. The van der Waals surface area contributed by atoms with Gasteiger partial charge in [-0.3, -0.25) is 9.59 Å². The minimum atomic E-state index is -0.411. The molecule has 0 aliphatic heterocycles. The predicted molar refractivity (Wildman–Crippen MR) is 138 cm³/mol. The maximum absolute atomic E-state index is 13.0. The number of ether oxygens (including phenoxy) is 1. The fraction of sp³-hybridized carbons (Fsp3) is 0.214. The highest BCUT2D eigenvalue weighted by Gasteiger charge is 2.18. The van der Waals surface area contributed by atoms with Gasteiger partial charge in [0.25, 0.3) is 5.56 Å². The number of anilines is 1. The SMILES string of the molecule is COc1ccccc1-c1cc(NC(=O)CCc2c(C)[nH]c(=O)c(C#N)c2C)n(-c2ccc(C)cc2)n1. The van der Waals surface area contributed by atoms with Crippen molar-refractivity contribution in [2.24, 2.45) is 0 Å². The van der Waals surface area contributed by atoms with Gasteiger partial charge in [0.05, 0.1) is 18.5 Å². The molecular formula is C28H27N5O3. The Hall–Kier alpha value is -4.64. The smallest absolute Gasteiger partial charge is 0.266 e. The summed E-state index contributed by atoms with van der Waals surface area (Å²) >= 11 is 0. The van der Waals surface area contributed by atoms with Gasteiger partial charge in [-0.15, -0.1) is 0 Å². The number of carbonyl (C=O) groups is 1. The zero-order valence-corrected chi connectivity index (χ0v) is 20.7. The van der Waals surface area contributed by atoms with Crippen molar-refractivity contribution in [3.05, 3.63) is 92.9 Å². The summed E-state index contributed by atoms with van der Waals surface area (Å²) in [4.78, 5) is 27.7. The Kier molecular flexibility index (Phi) is 7.02. The summed E-state index contributed by atoms with van der Waals surface area (Å²) in [6.45, 7) is 5.52. The largest absolute Gasteiger partial charge is 0.496 e. The van der Waals surface area contributed by atoms with Crippen molar-refractivity contribution < 1.29 is 9.53 Å². The average Bonchev–Trinajstić information content (AvgIpc) is 3.27. The second-order valence-electron chi connectivity index (χ2n) is 8.58. The first-order valence-corrected chi connectivity index (χ1v) is 11.5. The summed E-state index contributed by atoms with van der Waals surface area (Å²) in [6.07, 6.45) is 0.550. The van der Waals surface area contributed by atoms with E-state index in [9.17, 15) is 14.9 Å². The van der Waals surface area contributed by atoms with Crippen LogP contribution in [-0.4, -0.2) is 27.8 Å². The number of pyridine rings is 1. The third-order valence-electron chi connectivity index (χ3n) is 6.16. The highest BCUT2D eigenvalue weighted by Crippen LogP contribution is 2.31. The number of hydrogen-bond acceptors (Lipinski definition) is 5. The second-order valence-corrected chi connectivity index (χ2v) is 8.58. The molecule has 2 aromatic carbocycles. The molecular weight excluding hydrogens is 454 g/mol. The van der Waals surface area contributed by atoms with E-state index in [1.165, 1.54) is 0 Å². The van der Waals surface area contributed by atoms with Crippen molar-refractivity contribution in [3.63, 3.8) is 0 Å². The minimum Gasteiger partial charge on any atom is -0.496 e. The standard InChI is InChI=1S/C28H27N5O3/c1-17-9-11-20(12-10-17)33-26(15-24(32-33)22-7-5-6-8-25(22)36-4)31-27(34)14-13-21-18(2)23(16-29)28(35)30-19(21)3/h5-12,15H,13-14H2,1-4H3,(H,30,35)(H,31,34). The van der Waals surface area contributed by atoms with E-state index in [1.54, 1.807) is 25.6 Å². The van der Waals surface area contributed by atoms with Crippen LogP contribution < -0.4 is 15.6 Å². The number of methoxy groups -OCH3 is 1. The van der Waals surface area contributed by atoms with E-state index in [-0.39, 0.29) is 17.9 Å². The molecule has 4 rings (SSSR count). The number of H-pyrrole nitrogens is 1. The van der Waals surface area contributed by atoms with E-state index in [1.807, 2.05) is 67.6 Å². The van der Waals surface area contributed by atoms with Crippen LogP contribution in [0, 0.1) is 32.1 Å². The van der Waals surface area contributed by atoms with Crippen molar-refractivity contribution in [2.75, 3.05) is 12.4 Å². The second kappa shape index (κ2) is 10.3. The molecule has 182 valence electrons. The number of para-hydroxylation sites is 1. The molecule has 36 heavy (non-hydrogen) atoms. The number of amides is 1. The van der Waals surface area contributed by atoms with Gasteiger partial charge >= 0.3 is 0 Å². The van der Waals surface area contributed by atoms with E-state index in [4.69, 9.17) is 9.84 Å². The van der Waals surface area contributed by atoms with Gasteiger partial charge in [0.2, 0.25) is 5.91 Å². The fourth-order valence-corrected chi connectivity index (χ4v) is 4.20. The number of aryl methyl sites for hydroxylation is 2. The maximum atomic E-state index is 13.0. The van der Waals surface area contributed by atoms with E-state index >= 15 is 0 Å².